The second kappa shape index (κ2) is 7.27. The van der Waals surface area contributed by atoms with Crippen molar-refractivity contribution in [2.75, 3.05) is 13.7 Å². The molecular formula is C17H25N3O. The summed E-state index contributed by atoms with van der Waals surface area (Å²) in [7, 11) is 1.98. The number of hydrogen-bond acceptors (Lipinski definition) is 3. The van der Waals surface area contributed by atoms with E-state index in [1.54, 1.807) is 0 Å². The average Bonchev–Trinajstić information content (AvgIpc) is 2.86. The lowest BCUT2D eigenvalue weighted by Gasteiger charge is -2.09. The van der Waals surface area contributed by atoms with Crippen molar-refractivity contribution in [1.29, 1.82) is 0 Å². The summed E-state index contributed by atoms with van der Waals surface area (Å²) in [5.41, 5.74) is 4.88. The molecule has 0 radical (unpaired) electrons. The fourth-order valence-electron chi connectivity index (χ4n) is 2.63. The van der Waals surface area contributed by atoms with Crippen LogP contribution in [0.4, 0.5) is 0 Å². The van der Waals surface area contributed by atoms with Crippen LogP contribution in [0.15, 0.2) is 24.3 Å². The Kier molecular flexibility index (Phi) is 5.39. The summed E-state index contributed by atoms with van der Waals surface area (Å²) in [4.78, 5) is 0. The maximum atomic E-state index is 5.50. The predicted octanol–water partition coefficient (Wildman–Crippen LogP) is 3.12. The number of aryl methyl sites for hydroxylation is 1. The van der Waals surface area contributed by atoms with Gasteiger partial charge in [-0.15, -0.1) is 0 Å². The molecule has 2 rings (SSSR count). The minimum atomic E-state index is 0.688. The predicted molar refractivity (Wildman–Crippen MR) is 86.3 cm³/mol. The highest BCUT2D eigenvalue weighted by Gasteiger charge is 2.15. The third-order valence-electron chi connectivity index (χ3n) is 3.59. The first-order valence-electron chi connectivity index (χ1n) is 7.72. The van der Waals surface area contributed by atoms with Crippen LogP contribution in [0.1, 0.15) is 37.7 Å². The number of rotatable bonds is 7. The second-order valence-electron chi connectivity index (χ2n) is 4.95. The van der Waals surface area contributed by atoms with Crippen LogP contribution >= 0.6 is 0 Å². The molecule has 114 valence electrons. The molecule has 0 aliphatic heterocycles. The van der Waals surface area contributed by atoms with E-state index >= 15 is 0 Å². The Morgan fingerprint density at radius 3 is 2.33 bits per heavy atom. The average molecular weight is 287 g/mol. The molecule has 2 aromatic rings. The van der Waals surface area contributed by atoms with Crippen molar-refractivity contribution in [3.63, 3.8) is 0 Å². The molecule has 0 bridgehead atoms. The SMILES string of the molecule is CCOc1ccc(-n2nc(CC)c(CNC)c2CC)cc1. The van der Waals surface area contributed by atoms with Crippen molar-refractivity contribution in [3.8, 4) is 11.4 Å². The Hall–Kier alpha value is -1.81. The van der Waals surface area contributed by atoms with Crippen LogP contribution in [-0.2, 0) is 19.4 Å². The minimum Gasteiger partial charge on any atom is -0.494 e. The summed E-state index contributed by atoms with van der Waals surface area (Å²) in [6.07, 6.45) is 1.92. The van der Waals surface area contributed by atoms with Gasteiger partial charge < -0.3 is 10.1 Å². The maximum Gasteiger partial charge on any atom is 0.119 e. The highest BCUT2D eigenvalue weighted by Crippen LogP contribution is 2.22. The molecule has 0 fully saturated rings. The van der Waals surface area contributed by atoms with Crippen LogP contribution in [-0.4, -0.2) is 23.4 Å². The zero-order valence-corrected chi connectivity index (χ0v) is 13.4. The Morgan fingerprint density at radius 1 is 1.10 bits per heavy atom. The topological polar surface area (TPSA) is 39.1 Å². The van der Waals surface area contributed by atoms with Gasteiger partial charge in [0.2, 0.25) is 0 Å². The highest BCUT2D eigenvalue weighted by molar-refractivity contribution is 5.41. The van der Waals surface area contributed by atoms with Gasteiger partial charge >= 0.3 is 0 Å². The van der Waals surface area contributed by atoms with Gasteiger partial charge in [0.05, 0.1) is 18.0 Å². The second-order valence-corrected chi connectivity index (χ2v) is 4.95. The zero-order valence-electron chi connectivity index (χ0n) is 13.4. The molecule has 0 saturated carbocycles. The first-order valence-corrected chi connectivity index (χ1v) is 7.72. The first-order chi connectivity index (χ1) is 10.2. The van der Waals surface area contributed by atoms with Crippen molar-refractivity contribution in [2.24, 2.45) is 0 Å². The van der Waals surface area contributed by atoms with E-state index in [4.69, 9.17) is 9.84 Å². The van der Waals surface area contributed by atoms with Gasteiger partial charge in [-0.05, 0) is 51.1 Å². The van der Waals surface area contributed by atoms with E-state index in [1.165, 1.54) is 17.0 Å². The van der Waals surface area contributed by atoms with Gasteiger partial charge in [-0.25, -0.2) is 4.68 Å². The van der Waals surface area contributed by atoms with Gasteiger partial charge in [-0.2, -0.15) is 5.10 Å². The molecule has 0 amide bonds. The standard InChI is InChI=1S/C17H25N3O/c1-5-16-15(12-18-4)17(6-2)20(19-16)13-8-10-14(11-9-13)21-7-3/h8-11,18H,5-7,12H2,1-4H3. The van der Waals surface area contributed by atoms with E-state index in [0.717, 1.165) is 30.8 Å². The highest BCUT2D eigenvalue weighted by atomic mass is 16.5. The molecule has 21 heavy (non-hydrogen) atoms. The van der Waals surface area contributed by atoms with Crippen LogP contribution in [0.25, 0.3) is 5.69 Å². The molecule has 0 spiro atoms. The Labute approximate surface area is 127 Å². The lowest BCUT2D eigenvalue weighted by Crippen LogP contribution is -2.09. The van der Waals surface area contributed by atoms with Gasteiger partial charge in [0.25, 0.3) is 0 Å². The number of nitrogens with one attached hydrogen (secondary N) is 1. The summed E-state index contributed by atoms with van der Waals surface area (Å²) >= 11 is 0. The number of benzene rings is 1. The fraction of sp³-hybridized carbons (Fsp3) is 0.471. The molecule has 0 atom stereocenters. The van der Waals surface area contributed by atoms with Gasteiger partial charge in [0, 0.05) is 17.8 Å². The molecule has 0 aliphatic carbocycles. The maximum absolute atomic E-state index is 5.50. The minimum absolute atomic E-state index is 0.688. The Morgan fingerprint density at radius 2 is 1.81 bits per heavy atom. The molecule has 1 aromatic heterocycles. The van der Waals surface area contributed by atoms with E-state index in [2.05, 4.69) is 36.0 Å². The summed E-state index contributed by atoms with van der Waals surface area (Å²) in [5, 5.41) is 8.05. The fourth-order valence-corrected chi connectivity index (χ4v) is 2.63. The van der Waals surface area contributed by atoms with E-state index in [-0.39, 0.29) is 0 Å². The number of hydrogen-bond donors (Lipinski definition) is 1. The lowest BCUT2D eigenvalue weighted by molar-refractivity contribution is 0.340. The van der Waals surface area contributed by atoms with Crippen LogP contribution in [0.2, 0.25) is 0 Å². The largest absolute Gasteiger partial charge is 0.494 e. The molecule has 4 nitrogen and oxygen atoms in total. The molecule has 4 heteroatoms. The summed E-state index contributed by atoms with van der Waals surface area (Å²) < 4.78 is 7.57. The lowest BCUT2D eigenvalue weighted by atomic mass is 10.1. The van der Waals surface area contributed by atoms with Crippen LogP contribution in [0.3, 0.4) is 0 Å². The van der Waals surface area contributed by atoms with Crippen molar-refractivity contribution in [3.05, 3.63) is 41.2 Å². The number of aromatic nitrogens is 2. The van der Waals surface area contributed by atoms with Crippen molar-refractivity contribution in [1.82, 2.24) is 15.1 Å². The third kappa shape index (κ3) is 3.27. The third-order valence-corrected chi connectivity index (χ3v) is 3.59. The van der Waals surface area contributed by atoms with E-state index in [1.807, 2.05) is 26.1 Å². The van der Waals surface area contributed by atoms with Gasteiger partial charge in [-0.1, -0.05) is 13.8 Å². The molecule has 0 aliphatic rings. The normalized spacial score (nSPS) is 10.9. The molecule has 1 heterocycles. The smallest absolute Gasteiger partial charge is 0.119 e. The van der Waals surface area contributed by atoms with Gasteiger partial charge in [-0.3, -0.25) is 0 Å². The Bertz CT molecular complexity index is 572. The monoisotopic (exact) mass is 287 g/mol. The molecular weight excluding hydrogens is 262 g/mol. The van der Waals surface area contributed by atoms with Crippen LogP contribution in [0, 0.1) is 0 Å². The Balaban J connectivity index is 2.42. The number of ether oxygens (including phenoxy) is 1. The first kappa shape index (κ1) is 15.6. The zero-order chi connectivity index (χ0) is 15.2. The summed E-state index contributed by atoms with van der Waals surface area (Å²) in [6, 6.07) is 8.14. The van der Waals surface area contributed by atoms with Gasteiger partial charge in [0.15, 0.2) is 0 Å². The van der Waals surface area contributed by atoms with Crippen LogP contribution < -0.4 is 10.1 Å². The van der Waals surface area contributed by atoms with Crippen molar-refractivity contribution >= 4 is 0 Å². The quantitative estimate of drug-likeness (QED) is 0.850. The van der Waals surface area contributed by atoms with Crippen LogP contribution in [0.5, 0.6) is 5.75 Å². The summed E-state index contributed by atoms with van der Waals surface area (Å²) in [5.74, 6) is 0.901. The molecule has 0 unspecified atom stereocenters. The number of nitrogens with zero attached hydrogens (tertiary/aromatic N) is 2. The van der Waals surface area contributed by atoms with E-state index < -0.39 is 0 Å². The van der Waals surface area contributed by atoms with Crippen molar-refractivity contribution in [2.45, 2.75) is 40.2 Å². The summed E-state index contributed by atoms with van der Waals surface area (Å²) in [6.45, 7) is 7.88. The van der Waals surface area contributed by atoms with E-state index in [0.29, 0.717) is 6.61 Å². The molecule has 1 N–H and O–H groups in total. The molecule has 1 aromatic carbocycles. The molecule has 0 saturated heterocycles. The van der Waals surface area contributed by atoms with Crippen molar-refractivity contribution < 1.29 is 4.74 Å². The van der Waals surface area contributed by atoms with E-state index in [9.17, 15) is 0 Å². The van der Waals surface area contributed by atoms with Gasteiger partial charge in [0.1, 0.15) is 5.75 Å².